The van der Waals surface area contributed by atoms with E-state index in [0.717, 1.165) is 6.42 Å². The Bertz CT molecular complexity index is 57.6. The summed E-state index contributed by atoms with van der Waals surface area (Å²) in [5, 5.41) is 0. The molecular weight excluding hydrogens is 112 g/mol. The quantitative estimate of drug-likeness (QED) is 0.568. The molecule has 0 N–H and O–H groups in total. The maximum absolute atomic E-state index is 5.25. The van der Waals surface area contributed by atoms with Crippen LogP contribution in [0.1, 0.15) is 33.6 Å². The van der Waals surface area contributed by atoms with Crippen molar-refractivity contribution in [3.8, 4) is 0 Å². The first-order valence-electron chi connectivity index (χ1n) is 3.79. The Hall–Kier alpha value is -0.0400. The molecule has 0 aromatic rings. The van der Waals surface area contributed by atoms with E-state index in [1.165, 1.54) is 6.42 Å². The number of ether oxygens (including phenoxy) is 1. The summed E-state index contributed by atoms with van der Waals surface area (Å²) in [4.78, 5) is 0. The lowest BCUT2D eigenvalue weighted by atomic mass is 10.0. The monoisotopic (exact) mass is 130 g/mol. The molecule has 0 spiro atoms. The van der Waals surface area contributed by atoms with Gasteiger partial charge >= 0.3 is 0 Å². The number of rotatable bonds is 4. The van der Waals surface area contributed by atoms with E-state index in [0.29, 0.717) is 12.0 Å². The molecular formula is C8H18O. The Morgan fingerprint density at radius 1 is 1.22 bits per heavy atom. The molecule has 0 rings (SSSR count). The van der Waals surface area contributed by atoms with E-state index in [1.54, 1.807) is 7.11 Å². The van der Waals surface area contributed by atoms with Gasteiger partial charge in [0.15, 0.2) is 0 Å². The predicted octanol–water partition coefficient (Wildman–Crippen LogP) is 2.46. The summed E-state index contributed by atoms with van der Waals surface area (Å²) in [6, 6.07) is 0. The molecule has 0 amide bonds. The van der Waals surface area contributed by atoms with Gasteiger partial charge in [0, 0.05) is 7.11 Å². The van der Waals surface area contributed by atoms with Gasteiger partial charge in [0.25, 0.3) is 0 Å². The SMILES string of the molecule is CCC(C)C(CC)OC. The molecule has 0 aromatic heterocycles. The van der Waals surface area contributed by atoms with Crippen molar-refractivity contribution in [1.82, 2.24) is 0 Å². The van der Waals surface area contributed by atoms with Crippen molar-refractivity contribution in [3.63, 3.8) is 0 Å². The van der Waals surface area contributed by atoms with Gasteiger partial charge in [0.2, 0.25) is 0 Å². The first-order valence-corrected chi connectivity index (χ1v) is 3.79. The van der Waals surface area contributed by atoms with E-state index in [1.807, 2.05) is 0 Å². The van der Waals surface area contributed by atoms with Crippen LogP contribution in [0.15, 0.2) is 0 Å². The normalized spacial score (nSPS) is 17.3. The van der Waals surface area contributed by atoms with Crippen LogP contribution < -0.4 is 0 Å². The third-order valence-electron chi connectivity index (χ3n) is 1.98. The van der Waals surface area contributed by atoms with E-state index in [4.69, 9.17) is 4.74 Å². The van der Waals surface area contributed by atoms with E-state index in [2.05, 4.69) is 20.8 Å². The summed E-state index contributed by atoms with van der Waals surface area (Å²) in [6.45, 7) is 6.60. The Morgan fingerprint density at radius 3 is 1.89 bits per heavy atom. The minimum absolute atomic E-state index is 0.468. The fraction of sp³-hybridized carbons (Fsp3) is 1.00. The molecule has 0 radical (unpaired) electrons. The predicted molar refractivity (Wildman–Crippen MR) is 40.5 cm³/mol. The first kappa shape index (κ1) is 8.96. The minimum atomic E-state index is 0.468. The molecule has 0 aliphatic rings. The molecule has 2 unspecified atom stereocenters. The molecule has 9 heavy (non-hydrogen) atoms. The lowest BCUT2D eigenvalue weighted by Crippen LogP contribution is -2.18. The van der Waals surface area contributed by atoms with E-state index < -0.39 is 0 Å². The molecule has 0 saturated heterocycles. The highest BCUT2D eigenvalue weighted by atomic mass is 16.5. The highest BCUT2D eigenvalue weighted by Crippen LogP contribution is 2.12. The summed E-state index contributed by atoms with van der Waals surface area (Å²) < 4.78 is 5.25. The molecule has 0 bridgehead atoms. The van der Waals surface area contributed by atoms with Crippen LogP contribution in [0.25, 0.3) is 0 Å². The summed E-state index contributed by atoms with van der Waals surface area (Å²) >= 11 is 0. The van der Waals surface area contributed by atoms with Crippen LogP contribution in [-0.2, 0) is 4.74 Å². The summed E-state index contributed by atoms with van der Waals surface area (Å²) in [5.74, 6) is 0.708. The van der Waals surface area contributed by atoms with Gasteiger partial charge in [-0.1, -0.05) is 27.2 Å². The first-order chi connectivity index (χ1) is 4.26. The van der Waals surface area contributed by atoms with Crippen molar-refractivity contribution < 1.29 is 4.74 Å². The Labute approximate surface area is 58.4 Å². The van der Waals surface area contributed by atoms with Gasteiger partial charge in [0.1, 0.15) is 0 Å². The number of methoxy groups -OCH3 is 1. The lowest BCUT2D eigenvalue weighted by molar-refractivity contribution is 0.0543. The van der Waals surface area contributed by atoms with E-state index in [9.17, 15) is 0 Å². The summed E-state index contributed by atoms with van der Waals surface area (Å²) in [7, 11) is 1.79. The van der Waals surface area contributed by atoms with E-state index in [-0.39, 0.29) is 0 Å². The molecule has 0 aliphatic heterocycles. The van der Waals surface area contributed by atoms with Crippen molar-refractivity contribution in [2.24, 2.45) is 5.92 Å². The zero-order chi connectivity index (χ0) is 7.28. The second-order valence-electron chi connectivity index (χ2n) is 2.57. The Kier molecular flexibility index (Phi) is 4.78. The van der Waals surface area contributed by atoms with Gasteiger partial charge in [-0.2, -0.15) is 0 Å². The average molecular weight is 130 g/mol. The van der Waals surface area contributed by atoms with Crippen LogP contribution >= 0.6 is 0 Å². The third-order valence-corrected chi connectivity index (χ3v) is 1.98. The molecule has 0 saturated carbocycles. The summed E-state index contributed by atoms with van der Waals surface area (Å²) in [5.41, 5.74) is 0. The second-order valence-corrected chi connectivity index (χ2v) is 2.57. The van der Waals surface area contributed by atoms with Crippen molar-refractivity contribution in [2.45, 2.75) is 39.7 Å². The highest BCUT2D eigenvalue weighted by molar-refractivity contribution is 4.61. The number of hydrogen-bond acceptors (Lipinski definition) is 1. The molecule has 1 nitrogen and oxygen atoms in total. The number of hydrogen-bond donors (Lipinski definition) is 0. The standard InChI is InChI=1S/C8H18O/c1-5-7(3)8(6-2)9-4/h7-8H,5-6H2,1-4H3. The molecule has 0 fully saturated rings. The minimum Gasteiger partial charge on any atom is -0.381 e. The van der Waals surface area contributed by atoms with Gasteiger partial charge in [-0.15, -0.1) is 0 Å². The Balaban J connectivity index is 3.50. The van der Waals surface area contributed by atoms with Gasteiger partial charge in [-0.05, 0) is 12.3 Å². The molecule has 2 atom stereocenters. The maximum Gasteiger partial charge on any atom is 0.0594 e. The Morgan fingerprint density at radius 2 is 1.78 bits per heavy atom. The highest BCUT2D eigenvalue weighted by Gasteiger charge is 2.10. The van der Waals surface area contributed by atoms with Crippen LogP contribution in [0.2, 0.25) is 0 Å². The van der Waals surface area contributed by atoms with Crippen LogP contribution in [0.4, 0.5) is 0 Å². The third kappa shape index (κ3) is 2.85. The fourth-order valence-electron chi connectivity index (χ4n) is 1.06. The smallest absolute Gasteiger partial charge is 0.0594 e. The second kappa shape index (κ2) is 4.80. The summed E-state index contributed by atoms with van der Waals surface area (Å²) in [6.07, 6.45) is 2.81. The van der Waals surface area contributed by atoms with Crippen molar-refractivity contribution in [2.75, 3.05) is 7.11 Å². The van der Waals surface area contributed by atoms with Crippen molar-refractivity contribution >= 4 is 0 Å². The molecule has 56 valence electrons. The van der Waals surface area contributed by atoms with Gasteiger partial charge in [0.05, 0.1) is 6.10 Å². The molecule has 1 heteroatoms. The van der Waals surface area contributed by atoms with E-state index >= 15 is 0 Å². The molecule has 0 aromatic carbocycles. The van der Waals surface area contributed by atoms with Gasteiger partial charge in [-0.25, -0.2) is 0 Å². The van der Waals surface area contributed by atoms with Crippen LogP contribution in [0, 0.1) is 5.92 Å². The van der Waals surface area contributed by atoms with Crippen molar-refractivity contribution in [3.05, 3.63) is 0 Å². The average Bonchev–Trinajstić information content (AvgIpc) is 1.90. The van der Waals surface area contributed by atoms with Crippen molar-refractivity contribution in [1.29, 1.82) is 0 Å². The lowest BCUT2D eigenvalue weighted by Gasteiger charge is -2.18. The van der Waals surface area contributed by atoms with Crippen LogP contribution in [-0.4, -0.2) is 13.2 Å². The molecule has 0 aliphatic carbocycles. The zero-order valence-corrected chi connectivity index (χ0v) is 6.98. The topological polar surface area (TPSA) is 9.23 Å². The van der Waals surface area contributed by atoms with Gasteiger partial charge < -0.3 is 4.74 Å². The zero-order valence-electron chi connectivity index (χ0n) is 6.98. The molecule has 0 heterocycles. The fourth-order valence-corrected chi connectivity index (χ4v) is 1.06. The largest absolute Gasteiger partial charge is 0.381 e. The van der Waals surface area contributed by atoms with Crippen LogP contribution in [0.5, 0.6) is 0 Å². The van der Waals surface area contributed by atoms with Gasteiger partial charge in [-0.3, -0.25) is 0 Å². The van der Waals surface area contributed by atoms with Crippen LogP contribution in [0.3, 0.4) is 0 Å². The maximum atomic E-state index is 5.25.